The Morgan fingerprint density at radius 3 is 2.56 bits per heavy atom. The minimum Gasteiger partial charge on any atom is -0.372 e. The van der Waals surface area contributed by atoms with Gasteiger partial charge in [0.05, 0.1) is 12.4 Å². The van der Waals surface area contributed by atoms with E-state index in [1.54, 1.807) is 13.2 Å². The third kappa shape index (κ3) is 2.29. The van der Waals surface area contributed by atoms with Crippen LogP contribution in [0.4, 0.5) is 5.82 Å². The zero-order valence-electron chi connectivity index (χ0n) is 9.44. The molecule has 1 aromatic rings. The van der Waals surface area contributed by atoms with Gasteiger partial charge >= 0.3 is 0 Å². The quantitative estimate of drug-likeness (QED) is 0.812. The molecule has 0 unspecified atom stereocenters. The molecule has 5 heteroatoms. The van der Waals surface area contributed by atoms with Crippen LogP contribution >= 0.6 is 0 Å². The van der Waals surface area contributed by atoms with E-state index >= 15 is 0 Å². The summed E-state index contributed by atoms with van der Waals surface area (Å²) in [4.78, 5) is 22.1. The molecule has 16 heavy (non-hydrogen) atoms. The maximum absolute atomic E-state index is 12.0. The van der Waals surface area contributed by atoms with E-state index < -0.39 is 0 Å². The van der Waals surface area contributed by atoms with Gasteiger partial charge in [0, 0.05) is 20.1 Å². The minimum atomic E-state index is -0.00477. The summed E-state index contributed by atoms with van der Waals surface area (Å²) < 4.78 is 0. The topological polar surface area (TPSA) is 58.1 Å². The van der Waals surface area contributed by atoms with Gasteiger partial charge in [0.2, 0.25) is 0 Å². The van der Waals surface area contributed by atoms with E-state index in [0.29, 0.717) is 11.5 Å². The molecule has 0 radical (unpaired) electrons. The Bertz CT molecular complexity index is 357. The normalized spacial score (nSPS) is 15.9. The molecular formula is C11H16N4O. The number of carbonyl (C=O) groups is 1. The van der Waals surface area contributed by atoms with Crippen LogP contribution in [0.15, 0.2) is 12.4 Å². The highest BCUT2D eigenvalue weighted by molar-refractivity contribution is 5.92. The predicted molar refractivity (Wildman–Crippen MR) is 61.3 cm³/mol. The van der Waals surface area contributed by atoms with Crippen molar-refractivity contribution in [2.75, 3.05) is 25.5 Å². The number of carbonyl (C=O) groups excluding carboxylic acids is 1. The highest BCUT2D eigenvalue weighted by Crippen LogP contribution is 2.11. The number of rotatable bonds is 2. The van der Waals surface area contributed by atoms with Crippen molar-refractivity contribution in [1.29, 1.82) is 0 Å². The molecule has 0 atom stereocenters. The average Bonchev–Trinajstić information content (AvgIpc) is 2.39. The molecule has 2 heterocycles. The Morgan fingerprint density at radius 2 is 2.00 bits per heavy atom. The lowest BCUT2D eigenvalue weighted by Crippen LogP contribution is -2.36. The molecule has 1 amide bonds. The third-order valence-corrected chi connectivity index (χ3v) is 2.77. The van der Waals surface area contributed by atoms with Crippen LogP contribution in [-0.2, 0) is 0 Å². The molecule has 1 aliphatic heterocycles. The molecule has 1 N–H and O–H groups in total. The summed E-state index contributed by atoms with van der Waals surface area (Å²) in [6.07, 6.45) is 6.51. The van der Waals surface area contributed by atoms with Crippen molar-refractivity contribution in [2.45, 2.75) is 19.3 Å². The van der Waals surface area contributed by atoms with E-state index in [4.69, 9.17) is 0 Å². The van der Waals surface area contributed by atoms with Crippen LogP contribution in [0.3, 0.4) is 0 Å². The maximum Gasteiger partial charge on any atom is 0.274 e. The van der Waals surface area contributed by atoms with Gasteiger partial charge in [0.25, 0.3) is 5.91 Å². The van der Waals surface area contributed by atoms with Crippen molar-refractivity contribution in [3.8, 4) is 0 Å². The lowest BCUT2D eigenvalue weighted by molar-refractivity contribution is 0.0718. The summed E-state index contributed by atoms with van der Waals surface area (Å²) >= 11 is 0. The van der Waals surface area contributed by atoms with Gasteiger partial charge in [-0.1, -0.05) is 0 Å². The molecular weight excluding hydrogens is 204 g/mol. The first-order valence-electron chi connectivity index (χ1n) is 5.60. The molecule has 1 saturated heterocycles. The summed E-state index contributed by atoms with van der Waals surface area (Å²) in [6.45, 7) is 1.68. The van der Waals surface area contributed by atoms with Crippen molar-refractivity contribution in [2.24, 2.45) is 0 Å². The maximum atomic E-state index is 12.0. The van der Waals surface area contributed by atoms with Crippen LogP contribution in [-0.4, -0.2) is 40.9 Å². The number of likely N-dealkylation sites (tertiary alicyclic amines) is 1. The monoisotopic (exact) mass is 220 g/mol. The van der Waals surface area contributed by atoms with Crippen LogP contribution in [0.5, 0.6) is 0 Å². The van der Waals surface area contributed by atoms with Gasteiger partial charge in [-0.3, -0.25) is 4.79 Å². The Kier molecular flexibility index (Phi) is 3.34. The van der Waals surface area contributed by atoms with E-state index in [2.05, 4.69) is 15.3 Å². The predicted octanol–water partition coefficient (Wildman–Crippen LogP) is 1.14. The summed E-state index contributed by atoms with van der Waals surface area (Å²) in [5.74, 6) is 0.671. The average molecular weight is 220 g/mol. The van der Waals surface area contributed by atoms with Crippen molar-refractivity contribution in [3.05, 3.63) is 18.1 Å². The standard InChI is InChI=1S/C11H16N4O/c1-12-10-8-13-9(7-14-10)11(16)15-5-3-2-4-6-15/h7-8H,2-6H2,1H3,(H,12,14). The summed E-state index contributed by atoms with van der Waals surface area (Å²) in [5.41, 5.74) is 0.431. The van der Waals surface area contributed by atoms with E-state index in [9.17, 15) is 4.79 Å². The molecule has 0 aliphatic carbocycles. The van der Waals surface area contributed by atoms with Crippen molar-refractivity contribution in [3.63, 3.8) is 0 Å². The molecule has 1 aromatic heterocycles. The van der Waals surface area contributed by atoms with E-state index in [0.717, 1.165) is 25.9 Å². The fourth-order valence-electron chi connectivity index (χ4n) is 1.83. The Balaban J connectivity index is 2.07. The fourth-order valence-corrected chi connectivity index (χ4v) is 1.83. The highest BCUT2D eigenvalue weighted by atomic mass is 16.2. The largest absolute Gasteiger partial charge is 0.372 e. The smallest absolute Gasteiger partial charge is 0.274 e. The molecule has 2 rings (SSSR count). The molecule has 0 saturated carbocycles. The first-order chi connectivity index (χ1) is 7.81. The van der Waals surface area contributed by atoms with Crippen LogP contribution in [0.1, 0.15) is 29.8 Å². The number of anilines is 1. The number of nitrogens with one attached hydrogen (secondary N) is 1. The SMILES string of the molecule is CNc1cnc(C(=O)N2CCCCC2)cn1. The number of piperidine rings is 1. The molecule has 5 nitrogen and oxygen atoms in total. The van der Waals surface area contributed by atoms with Gasteiger partial charge in [-0.2, -0.15) is 0 Å². The number of aromatic nitrogens is 2. The second kappa shape index (κ2) is 4.92. The zero-order valence-corrected chi connectivity index (χ0v) is 9.44. The van der Waals surface area contributed by atoms with Crippen molar-refractivity contribution < 1.29 is 4.79 Å². The van der Waals surface area contributed by atoms with Gasteiger partial charge in [-0.05, 0) is 19.3 Å². The molecule has 0 spiro atoms. The van der Waals surface area contributed by atoms with Gasteiger partial charge < -0.3 is 10.2 Å². The van der Waals surface area contributed by atoms with Gasteiger partial charge in [0.15, 0.2) is 0 Å². The zero-order chi connectivity index (χ0) is 11.4. The summed E-state index contributed by atoms with van der Waals surface area (Å²) in [5, 5.41) is 2.87. The van der Waals surface area contributed by atoms with E-state index in [1.807, 2.05) is 4.90 Å². The number of hydrogen-bond donors (Lipinski definition) is 1. The lowest BCUT2D eigenvalue weighted by Gasteiger charge is -2.26. The van der Waals surface area contributed by atoms with E-state index in [-0.39, 0.29) is 5.91 Å². The first-order valence-corrected chi connectivity index (χ1v) is 5.60. The van der Waals surface area contributed by atoms with Crippen LogP contribution < -0.4 is 5.32 Å². The van der Waals surface area contributed by atoms with E-state index in [1.165, 1.54) is 12.6 Å². The Morgan fingerprint density at radius 1 is 1.25 bits per heavy atom. The molecule has 1 aliphatic rings. The summed E-state index contributed by atoms with van der Waals surface area (Å²) in [7, 11) is 1.77. The van der Waals surface area contributed by atoms with Crippen LogP contribution in [0.2, 0.25) is 0 Å². The van der Waals surface area contributed by atoms with Gasteiger partial charge in [-0.15, -0.1) is 0 Å². The third-order valence-electron chi connectivity index (χ3n) is 2.77. The lowest BCUT2D eigenvalue weighted by atomic mass is 10.1. The van der Waals surface area contributed by atoms with Crippen molar-refractivity contribution in [1.82, 2.24) is 14.9 Å². The van der Waals surface area contributed by atoms with Crippen LogP contribution in [0.25, 0.3) is 0 Å². The van der Waals surface area contributed by atoms with Gasteiger partial charge in [0.1, 0.15) is 11.5 Å². The van der Waals surface area contributed by atoms with Crippen LogP contribution in [0, 0.1) is 0 Å². The molecule has 0 aromatic carbocycles. The van der Waals surface area contributed by atoms with Crippen molar-refractivity contribution >= 4 is 11.7 Å². The number of amides is 1. The second-order valence-electron chi connectivity index (χ2n) is 3.89. The number of nitrogens with zero attached hydrogens (tertiary/aromatic N) is 3. The number of hydrogen-bond acceptors (Lipinski definition) is 4. The molecule has 1 fully saturated rings. The summed E-state index contributed by atoms with van der Waals surface area (Å²) in [6, 6.07) is 0. The molecule has 0 bridgehead atoms. The highest BCUT2D eigenvalue weighted by Gasteiger charge is 2.19. The van der Waals surface area contributed by atoms with Gasteiger partial charge in [-0.25, -0.2) is 9.97 Å². The second-order valence-corrected chi connectivity index (χ2v) is 3.89. The Labute approximate surface area is 94.9 Å². The fraction of sp³-hybridized carbons (Fsp3) is 0.545. The minimum absolute atomic E-state index is 0.00477. The molecule has 86 valence electrons. The first kappa shape index (κ1) is 10.9. The Hall–Kier alpha value is -1.65.